The average Bonchev–Trinajstić information content (AvgIpc) is 3.14. The second kappa shape index (κ2) is 6.83. The van der Waals surface area contributed by atoms with Gasteiger partial charge < -0.3 is 9.80 Å². The number of aromatic amines is 1. The first kappa shape index (κ1) is 17.2. The van der Waals surface area contributed by atoms with Crippen molar-refractivity contribution in [1.29, 1.82) is 0 Å². The molecular weight excluding hydrogens is 342 g/mol. The summed E-state index contributed by atoms with van der Waals surface area (Å²) in [5.41, 5.74) is 2.95. The molecule has 1 aliphatic heterocycles. The number of pyridine rings is 1. The van der Waals surface area contributed by atoms with Gasteiger partial charge in [-0.3, -0.25) is 14.7 Å². The van der Waals surface area contributed by atoms with Gasteiger partial charge in [0, 0.05) is 42.8 Å². The molecular formula is C20H21N5O2. The van der Waals surface area contributed by atoms with Gasteiger partial charge in [0.15, 0.2) is 5.65 Å². The van der Waals surface area contributed by atoms with E-state index in [0.717, 1.165) is 10.9 Å². The van der Waals surface area contributed by atoms with Gasteiger partial charge in [-0.05, 0) is 32.0 Å². The number of benzene rings is 1. The number of fused-ring (bicyclic) bond motifs is 1. The lowest BCUT2D eigenvalue weighted by atomic mass is 10.1. The van der Waals surface area contributed by atoms with E-state index in [4.69, 9.17) is 0 Å². The van der Waals surface area contributed by atoms with Crippen molar-refractivity contribution in [2.75, 3.05) is 19.6 Å². The second-order valence-corrected chi connectivity index (χ2v) is 7.00. The van der Waals surface area contributed by atoms with Crippen LogP contribution in [0.1, 0.15) is 33.2 Å². The highest BCUT2D eigenvalue weighted by atomic mass is 16.2. The van der Waals surface area contributed by atoms with Crippen molar-refractivity contribution in [3.05, 3.63) is 59.4 Å². The Balaban J connectivity index is 1.48. The van der Waals surface area contributed by atoms with Crippen LogP contribution in [0.3, 0.4) is 0 Å². The Bertz CT molecular complexity index is 1010. The van der Waals surface area contributed by atoms with Gasteiger partial charge in [0.05, 0.1) is 11.8 Å². The number of nitrogens with one attached hydrogen (secondary N) is 1. The first-order chi connectivity index (χ1) is 13.0. The highest BCUT2D eigenvalue weighted by Gasteiger charge is 2.31. The number of hydrogen-bond donors (Lipinski definition) is 1. The molecule has 0 spiro atoms. The van der Waals surface area contributed by atoms with Crippen LogP contribution in [-0.4, -0.2) is 62.5 Å². The van der Waals surface area contributed by atoms with E-state index in [0.29, 0.717) is 36.4 Å². The standard InChI is InChI=1S/C20H21N5O2/c1-13-4-3-5-15(8-13)19(26)24-6-7-25(14(2)12-24)20(27)17-9-16-11-22-23-18(16)21-10-17/h3-5,8-11,14H,6-7,12H2,1-2H3,(H,21,22,23)/t14-/m1/s1. The van der Waals surface area contributed by atoms with E-state index in [1.165, 1.54) is 0 Å². The number of aromatic nitrogens is 3. The van der Waals surface area contributed by atoms with E-state index in [1.807, 2.05) is 47.9 Å². The Hall–Kier alpha value is -3.22. The predicted octanol–water partition coefficient (Wildman–Crippen LogP) is 2.25. The molecule has 0 saturated carbocycles. The van der Waals surface area contributed by atoms with E-state index in [-0.39, 0.29) is 17.9 Å². The second-order valence-electron chi connectivity index (χ2n) is 7.00. The van der Waals surface area contributed by atoms with Crippen LogP contribution in [0.5, 0.6) is 0 Å². The Morgan fingerprint density at radius 3 is 2.74 bits per heavy atom. The van der Waals surface area contributed by atoms with E-state index in [9.17, 15) is 9.59 Å². The zero-order valence-electron chi connectivity index (χ0n) is 15.3. The molecule has 2 aromatic heterocycles. The maximum absolute atomic E-state index is 12.9. The van der Waals surface area contributed by atoms with Crippen LogP contribution in [0.15, 0.2) is 42.7 Å². The summed E-state index contributed by atoms with van der Waals surface area (Å²) in [6, 6.07) is 9.33. The van der Waals surface area contributed by atoms with Gasteiger partial charge in [-0.2, -0.15) is 5.10 Å². The summed E-state index contributed by atoms with van der Waals surface area (Å²) in [6.45, 7) is 5.48. The zero-order chi connectivity index (χ0) is 19.0. The number of hydrogen-bond acceptors (Lipinski definition) is 4. The van der Waals surface area contributed by atoms with Gasteiger partial charge in [0.1, 0.15) is 0 Å². The largest absolute Gasteiger partial charge is 0.335 e. The molecule has 0 radical (unpaired) electrons. The Labute approximate surface area is 157 Å². The van der Waals surface area contributed by atoms with Crippen LogP contribution in [0.25, 0.3) is 11.0 Å². The smallest absolute Gasteiger partial charge is 0.255 e. The van der Waals surface area contributed by atoms with Gasteiger partial charge >= 0.3 is 0 Å². The van der Waals surface area contributed by atoms with Crippen molar-refractivity contribution in [2.24, 2.45) is 0 Å². The SMILES string of the molecule is Cc1cccc(C(=O)N2CCN(C(=O)c3cnc4[nH]ncc4c3)[C@H](C)C2)c1. The minimum atomic E-state index is -0.0694. The van der Waals surface area contributed by atoms with E-state index in [1.54, 1.807) is 18.5 Å². The predicted molar refractivity (Wildman–Crippen MR) is 101 cm³/mol. The molecule has 1 aliphatic rings. The summed E-state index contributed by atoms with van der Waals surface area (Å²) in [4.78, 5) is 33.6. The molecule has 1 atom stereocenters. The Kier molecular flexibility index (Phi) is 4.35. The minimum Gasteiger partial charge on any atom is -0.335 e. The molecule has 27 heavy (non-hydrogen) atoms. The lowest BCUT2D eigenvalue weighted by Gasteiger charge is -2.40. The summed E-state index contributed by atoms with van der Waals surface area (Å²) in [5.74, 6) is -0.0557. The quantitative estimate of drug-likeness (QED) is 0.757. The molecule has 7 heteroatoms. The number of nitrogens with zero attached hydrogens (tertiary/aromatic N) is 4. The highest BCUT2D eigenvalue weighted by molar-refractivity contribution is 5.97. The number of piperazine rings is 1. The molecule has 0 bridgehead atoms. The van der Waals surface area contributed by atoms with Crippen molar-refractivity contribution in [3.63, 3.8) is 0 Å². The molecule has 4 rings (SSSR count). The highest BCUT2D eigenvalue weighted by Crippen LogP contribution is 2.18. The van der Waals surface area contributed by atoms with Gasteiger partial charge in [-0.1, -0.05) is 17.7 Å². The van der Waals surface area contributed by atoms with Crippen molar-refractivity contribution >= 4 is 22.8 Å². The Morgan fingerprint density at radius 1 is 1.11 bits per heavy atom. The van der Waals surface area contributed by atoms with Crippen LogP contribution in [0.2, 0.25) is 0 Å². The first-order valence-electron chi connectivity index (χ1n) is 8.99. The molecule has 1 saturated heterocycles. The average molecular weight is 363 g/mol. The summed E-state index contributed by atoms with van der Waals surface area (Å²) in [7, 11) is 0. The first-order valence-corrected chi connectivity index (χ1v) is 8.99. The lowest BCUT2D eigenvalue weighted by molar-refractivity contribution is 0.0414. The fourth-order valence-corrected chi connectivity index (χ4v) is 3.52. The fraction of sp³-hybridized carbons (Fsp3) is 0.300. The van der Waals surface area contributed by atoms with E-state index in [2.05, 4.69) is 15.2 Å². The van der Waals surface area contributed by atoms with Gasteiger partial charge in [0.25, 0.3) is 11.8 Å². The van der Waals surface area contributed by atoms with Gasteiger partial charge in [-0.15, -0.1) is 0 Å². The van der Waals surface area contributed by atoms with Crippen molar-refractivity contribution in [3.8, 4) is 0 Å². The zero-order valence-corrected chi connectivity index (χ0v) is 15.3. The van der Waals surface area contributed by atoms with Crippen molar-refractivity contribution in [1.82, 2.24) is 25.0 Å². The fourth-order valence-electron chi connectivity index (χ4n) is 3.52. The van der Waals surface area contributed by atoms with Gasteiger partial charge in [-0.25, -0.2) is 4.98 Å². The molecule has 138 valence electrons. The molecule has 1 aromatic carbocycles. The summed E-state index contributed by atoms with van der Waals surface area (Å²) in [5, 5.41) is 7.53. The summed E-state index contributed by atoms with van der Waals surface area (Å²) in [6.07, 6.45) is 3.22. The molecule has 7 nitrogen and oxygen atoms in total. The topological polar surface area (TPSA) is 82.2 Å². The third-order valence-electron chi connectivity index (χ3n) is 4.98. The van der Waals surface area contributed by atoms with Crippen LogP contribution in [0, 0.1) is 6.92 Å². The van der Waals surface area contributed by atoms with Crippen molar-refractivity contribution < 1.29 is 9.59 Å². The van der Waals surface area contributed by atoms with Gasteiger partial charge in [0.2, 0.25) is 0 Å². The number of amides is 2. The van der Waals surface area contributed by atoms with Crippen LogP contribution < -0.4 is 0 Å². The van der Waals surface area contributed by atoms with E-state index < -0.39 is 0 Å². The third kappa shape index (κ3) is 3.28. The number of rotatable bonds is 2. The van der Waals surface area contributed by atoms with Crippen LogP contribution >= 0.6 is 0 Å². The normalized spacial score (nSPS) is 17.3. The molecule has 1 N–H and O–H groups in total. The number of aryl methyl sites for hydroxylation is 1. The molecule has 0 aliphatic carbocycles. The molecule has 1 fully saturated rings. The molecule has 3 heterocycles. The minimum absolute atomic E-state index is 0.0131. The van der Waals surface area contributed by atoms with E-state index >= 15 is 0 Å². The Morgan fingerprint density at radius 2 is 1.96 bits per heavy atom. The molecule has 0 unspecified atom stereocenters. The number of carbonyl (C=O) groups is 2. The monoisotopic (exact) mass is 363 g/mol. The summed E-state index contributed by atoms with van der Waals surface area (Å²) < 4.78 is 0. The third-order valence-corrected chi connectivity index (χ3v) is 4.98. The number of H-pyrrole nitrogens is 1. The summed E-state index contributed by atoms with van der Waals surface area (Å²) >= 11 is 0. The maximum Gasteiger partial charge on any atom is 0.255 e. The van der Waals surface area contributed by atoms with Crippen molar-refractivity contribution in [2.45, 2.75) is 19.9 Å². The molecule has 3 aromatic rings. The van der Waals surface area contributed by atoms with Crippen LogP contribution in [-0.2, 0) is 0 Å². The van der Waals surface area contributed by atoms with Crippen LogP contribution in [0.4, 0.5) is 0 Å². The number of carbonyl (C=O) groups excluding carboxylic acids is 2. The maximum atomic E-state index is 12.9. The molecule has 2 amide bonds. The lowest BCUT2D eigenvalue weighted by Crippen LogP contribution is -2.55.